The summed E-state index contributed by atoms with van der Waals surface area (Å²) < 4.78 is 0. The fourth-order valence-corrected chi connectivity index (χ4v) is 5.86. The number of hydrogen-bond donors (Lipinski definition) is 7. The molecule has 0 aromatic heterocycles. The number of guanidine groups is 1. The van der Waals surface area contributed by atoms with Gasteiger partial charge in [0.05, 0.1) is 0 Å². The van der Waals surface area contributed by atoms with Crippen LogP contribution in [-0.4, -0.2) is 89.6 Å². The summed E-state index contributed by atoms with van der Waals surface area (Å²) in [7, 11) is 0. The van der Waals surface area contributed by atoms with E-state index in [9.17, 15) is 28.8 Å². The van der Waals surface area contributed by atoms with Crippen molar-refractivity contribution in [2.45, 2.75) is 129 Å². The van der Waals surface area contributed by atoms with Crippen LogP contribution in [0.4, 0.5) is 0 Å². The molecular formula is C33H57N9O6. The third kappa shape index (κ3) is 12.8. The van der Waals surface area contributed by atoms with Crippen LogP contribution >= 0.6 is 0 Å². The Morgan fingerprint density at radius 1 is 0.979 bits per heavy atom. The zero-order valence-corrected chi connectivity index (χ0v) is 29.0. The van der Waals surface area contributed by atoms with Gasteiger partial charge >= 0.3 is 0 Å². The van der Waals surface area contributed by atoms with Crippen molar-refractivity contribution < 1.29 is 28.8 Å². The van der Waals surface area contributed by atoms with Gasteiger partial charge < -0.3 is 43.4 Å². The van der Waals surface area contributed by atoms with E-state index in [0.717, 1.165) is 19.3 Å². The van der Waals surface area contributed by atoms with Gasteiger partial charge in [0.1, 0.15) is 30.2 Å². The van der Waals surface area contributed by atoms with Gasteiger partial charge in [0.25, 0.3) is 0 Å². The highest BCUT2D eigenvalue weighted by Gasteiger charge is 2.37. The van der Waals surface area contributed by atoms with Crippen molar-refractivity contribution in [3.05, 3.63) is 12.2 Å². The second-order valence-corrected chi connectivity index (χ2v) is 13.1. The number of rotatable bonds is 12. The van der Waals surface area contributed by atoms with Crippen LogP contribution in [0.1, 0.15) is 98.3 Å². The van der Waals surface area contributed by atoms with Crippen LogP contribution in [0.5, 0.6) is 0 Å². The molecule has 0 saturated carbocycles. The first-order valence-electron chi connectivity index (χ1n) is 17.3. The predicted molar refractivity (Wildman–Crippen MR) is 183 cm³/mol. The minimum absolute atomic E-state index is 0.0544. The van der Waals surface area contributed by atoms with Crippen molar-refractivity contribution in [3.63, 3.8) is 0 Å². The topological polar surface area (TPSA) is 244 Å². The van der Waals surface area contributed by atoms with Gasteiger partial charge in [-0.25, -0.2) is 0 Å². The van der Waals surface area contributed by atoms with Crippen molar-refractivity contribution in [1.82, 2.24) is 26.2 Å². The molecule has 2 aliphatic rings. The molecular weight excluding hydrogens is 618 g/mol. The zero-order chi connectivity index (χ0) is 35.8. The van der Waals surface area contributed by atoms with E-state index in [2.05, 4.69) is 26.3 Å². The van der Waals surface area contributed by atoms with Gasteiger partial charge in [0, 0.05) is 19.5 Å². The lowest BCUT2D eigenvalue weighted by atomic mass is 9.97. The Morgan fingerprint density at radius 2 is 1.71 bits per heavy atom. The Morgan fingerprint density at radius 3 is 2.35 bits per heavy atom. The van der Waals surface area contributed by atoms with E-state index in [1.54, 1.807) is 24.8 Å². The molecule has 10 N–H and O–H groups in total. The van der Waals surface area contributed by atoms with Gasteiger partial charge in [0.2, 0.25) is 35.4 Å². The van der Waals surface area contributed by atoms with Gasteiger partial charge in [-0.3, -0.25) is 33.8 Å². The van der Waals surface area contributed by atoms with E-state index in [-0.39, 0.29) is 43.1 Å². The Bertz CT molecular complexity index is 1190. The SMILES string of the molecule is CC[C@@H](C)[C@@H]1NC(=O)[C@@H]2CCCN2C(=O)CCCCCC=CC[C@@H](C(=O)N[C@@H](CCCN=C(N)N)C(=O)N[C@H](C(N)=O)C(C)C)NC1=O. The normalized spacial score (nSPS) is 23.1. The first-order chi connectivity index (χ1) is 22.8. The molecule has 0 aliphatic carbocycles. The Hall–Kier alpha value is -4.17. The number of aliphatic imine (C=N–C) groups is 1. The van der Waals surface area contributed by atoms with E-state index < -0.39 is 59.7 Å². The molecule has 15 heteroatoms. The molecule has 2 rings (SSSR count). The molecule has 0 aromatic carbocycles. The molecule has 1 fully saturated rings. The predicted octanol–water partition coefficient (Wildman–Crippen LogP) is 0.0680. The van der Waals surface area contributed by atoms with Crippen molar-refractivity contribution >= 4 is 41.4 Å². The maximum atomic E-state index is 13.8. The fourth-order valence-electron chi connectivity index (χ4n) is 5.86. The summed E-state index contributed by atoms with van der Waals surface area (Å²) in [4.78, 5) is 85.0. The number of carbonyl (C=O) groups is 6. The molecule has 0 radical (unpaired) electrons. The van der Waals surface area contributed by atoms with Crippen LogP contribution in [-0.2, 0) is 28.8 Å². The number of nitrogens with zero attached hydrogens (tertiary/aromatic N) is 2. The second-order valence-electron chi connectivity index (χ2n) is 13.1. The summed E-state index contributed by atoms with van der Waals surface area (Å²) in [5.41, 5.74) is 16.4. The molecule has 0 spiro atoms. The average molecular weight is 676 g/mol. The van der Waals surface area contributed by atoms with Crippen LogP contribution in [0.3, 0.4) is 0 Å². The lowest BCUT2D eigenvalue weighted by Gasteiger charge is -2.30. The Labute approximate surface area is 284 Å². The lowest BCUT2D eigenvalue weighted by Crippen LogP contribution is -2.60. The monoisotopic (exact) mass is 675 g/mol. The zero-order valence-electron chi connectivity index (χ0n) is 29.0. The van der Waals surface area contributed by atoms with Crippen LogP contribution in [0.25, 0.3) is 0 Å². The summed E-state index contributed by atoms with van der Waals surface area (Å²) in [6, 6.07) is -4.75. The third-order valence-corrected chi connectivity index (χ3v) is 8.95. The molecule has 6 atom stereocenters. The first-order valence-corrected chi connectivity index (χ1v) is 17.3. The van der Waals surface area contributed by atoms with Gasteiger partial charge in [-0.2, -0.15) is 0 Å². The summed E-state index contributed by atoms with van der Waals surface area (Å²) >= 11 is 0. The van der Waals surface area contributed by atoms with Crippen LogP contribution in [0, 0.1) is 11.8 Å². The fraction of sp³-hybridized carbons (Fsp3) is 0.727. The third-order valence-electron chi connectivity index (χ3n) is 8.95. The van der Waals surface area contributed by atoms with E-state index in [1.165, 1.54) is 0 Å². The highest BCUT2D eigenvalue weighted by molar-refractivity contribution is 5.96. The molecule has 48 heavy (non-hydrogen) atoms. The Balaban J connectivity index is 2.35. The number of fused-ring (bicyclic) bond motifs is 1. The van der Waals surface area contributed by atoms with Crippen molar-refractivity contribution in [3.8, 4) is 0 Å². The van der Waals surface area contributed by atoms with E-state index in [0.29, 0.717) is 45.1 Å². The van der Waals surface area contributed by atoms with E-state index in [4.69, 9.17) is 17.2 Å². The molecule has 0 aromatic rings. The van der Waals surface area contributed by atoms with Crippen molar-refractivity contribution in [2.75, 3.05) is 13.1 Å². The minimum atomic E-state index is -1.09. The number of nitrogens with one attached hydrogen (secondary N) is 4. The van der Waals surface area contributed by atoms with Gasteiger partial charge in [-0.1, -0.05) is 52.7 Å². The molecule has 0 unspecified atom stereocenters. The van der Waals surface area contributed by atoms with E-state index >= 15 is 0 Å². The standard InChI is InChI=1S/C33H57N9O6/c1-5-21(4)27-32(48)39-22(14-10-8-6-7-9-11-17-25(43)42-19-13-16-24(42)31(47)41-27)29(45)38-23(15-12-18-37-33(35)36)30(46)40-26(20(2)3)28(34)44/h8,10,20-24,26-27H,5-7,9,11-19H2,1-4H3,(H2,34,44)(H,38,45)(H,39,48)(H,40,46)(H,41,47)(H4,35,36,37)/t21-,22+,23+,24+,26+,27+/m1/s1. The number of nitrogens with two attached hydrogens (primary N) is 3. The number of allylic oxidation sites excluding steroid dienone is 1. The lowest BCUT2D eigenvalue weighted by molar-refractivity contribution is -0.140. The van der Waals surface area contributed by atoms with Gasteiger partial charge in [-0.05, 0) is 63.2 Å². The maximum absolute atomic E-state index is 13.8. The first kappa shape index (κ1) is 40.0. The van der Waals surface area contributed by atoms with Crippen LogP contribution in [0.15, 0.2) is 17.1 Å². The van der Waals surface area contributed by atoms with Crippen LogP contribution in [0.2, 0.25) is 0 Å². The number of amides is 6. The molecule has 6 amide bonds. The Kier molecular flexibility index (Phi) is 16.9. The molecule has 2 heterocycles. The minimum Gasteiger partial charge on any atom is -0.370 e. The highest BCUT2D eigenvalue weighted by atomic mass is 16.2. The number of hydrogen-bond acceptors (Lipinski definition) is 7. The molecule has 15 nitrogen and oxygen atoms in total. The molecule has 2 aliphatic heterocycles. The number of carbonyl (C=O) groups excluding carboxylic acids is 6. The van der Waals surface area contributed by atoms with Gasteiger partial charge in [0.15, 0.2) is 5.96 Å². The highest BCUT2D eigenvalue weighted by Crippen LogP contribution is 2.21. The largest absolute Gasteiger partial charge is 0.370 e. The molecule has 270 valence electrons. The number of primary amides is 1. The smallest absolute Gasteiger partial charge is 0.243 e. The second kappa shape index (κ2) is 20.3. The summed E-state index contributed by atoms with van der Waals surface area (Å²) in [5, 5.41) is 11.1. The quantitative estimate of drug-likeness (QED) is 0.0644. The summed E-state index contributed by atoms with van der Waals surface area (Å²) in [5.74, 6) is -3.62. The average Bonchev–Trinajstić information content (AvgIpc) is 3.53. The summed E-state index contributed by atoms with van der Waals surface area (Å²) in [6.45, 7) is 7.90. The molecule has 0 bridgehead atoms. The van der Waals surface area contributed by atoms with E-state index in [1.807, 2.05) is 19.9 Å². The molecule has 1 saturated heterocycles. The van der Waals surface area contributed by atoms with Crippen molar-refractivity contribution in [1.29, 1.82) is 0 Å². The van der Waals surface area contributed by atoms with Crippen LogP contribution < -0.4 is 38.5 Å². The maximum Gasteiger partial charge on any atom is 0.243 e. The van der Waals surface area contributed by atoms with Crippen molar-refractivity contribution in [2.24, 2.45) is 34.0 Å². The van der Waals surface area contributed by atoms with Gasteiger partial charge in [-0.15, -0.1) is 0 Å². The summed E-state index contributed by atoms with van der Waals surface area (Å²) in [6.07, 6.45) is 9.57.